The van der Waals surface area contributed by atoms with Crippen LogP contribution in [0, 0.1) is 5.41 Å². The Balaban J connectivity index is 1.13. The van der Waals surface area contributed by atoms with Crippen LogP contribution < -0.4 is 4.90 Å². The van der Waals surface area contributed by atoms with Crippen LogP contribution in [0.25, 0.3) is 0 Å². The van der Waals surface area contributed by atoms with Crippen LogP contribution in [0.1, 0.15) is 54.9 Å². The molecule has 2 aromatic rings. The Hall–Kier alpha value is -4.17. The van der Waals surface area contributed by atoms with Gasteiger partial charge < -0.3 is 24.7 Å². The third kappa shape index (κ3) is 5.07. The van der Waals surface area contributed by atoms with Crippen molar-refractivity contribution in [3.05, 3.63) is 102 Å². The maximum atomic E-state index is 14.1. The maximum absolute atomic E-state index is 14.1. The molecule has 4 aliphatic rings. The highest BCUT2D eigenvalue weighted by Crippen LogP contribution is 2.59. The van der Waals surface area contributed by atoms with Crippen LogP contribution in [0.4, 0.5) is 5.69 Å². The number of aromatic carboxylic acids is 1. The second-order valence-corrected chi connectivity index (χ2v) is 12.2. The first kappa shape index (κ1) is 28.9. The molecule has 2 amide bonds. The zero-order chi connectivity index (χ0) is 30.2. The van der Waals surface area contributed by atoms with Crippen molar-refractivity contribution in [1.29, 1.82) is 0 Å². The fraction of sp³-hybridized carbons (Fsp3) is 0.400. The number of hydrogen-bond acceptors (Lipinski definition) is 5. The number of carbonyl (C=O) groups is 3. The van der Waals surface area contributed by atoms with E-state index < -0.39 is 11.5 Å². The summed E-state index contributed by atoms with van der Waals surface area (Å²) in [6.07, 6.45) is 10.0. The number of para-hydroxylation sites is 1. The zero-order valence-electron chi connectivity index (χ0n) is 24.9. The van der Waals surface area contributed by atoms with E-state index in [0.29, 0.717) is 32.6 Å². The number of rotatable bonds is 10. The number of hydrogen-bond donors (Lipinski definition) is 1. The Morgan fingerprint density at radius 3 is 2.37 bits per heavy atom. The molecular weight excluding hydrogens is 540 g/mol. The molecule has 3 heterocycles. The van der Waals surface area contributed by atoms with Crippen LogP contribution in [0.15, 0.2) is 90.7 Å². The third-order valence-electron chi connectivity index (χ3n) is 9.68. The van der Waals surface area contributed by atoms with Gasteiger partial charge in [0.15, 0.2) is 0 Å². The van der Waals surface area contributed by atoms with Crippen molar-refractivity contribution in [2.75, 3.05) is 37.7 Å². The van der Waals surface area contributed by atoms with Crippen molar-refractivity contribution in [3.8, 4) is 0 Å². The number of likely N-dealkylation sites (tertiary alicyclic amines) is 1. The first-order valence-corrected chi connectivity index (χ1v) is 15.3. The summed E-state index contributed by atoms with van der Waals surface area (Å²) >= 11 is 0. The van der Waals surface area contributed by atoms with E-state index in [1.807, 2.05) is 59.2 Å². The van der Waals surface area contributed by atoms with Crippen molar-refractivity contribution >= 4 is 23.5 Å². The molecule has 3 aliphatic heterocycles. The van der Waals surface area contributed by atoms with E-state index in [-0.39, 0.29) is 22.8 Å². The van der Waals surface area contributed by atoms with Crippen LogP contribution >= 0.6 is 0 Å². The number of carboxylic acids is 1. The Kier molecular flexibility index (Phi) is 7.73. The van der Waals surface area contributed by atoms with E-state index in [9.17, 15) is 19.5 Å². The predicted octanol–water partition coefficient (Wildman–Crippen LogP) is 5.05. The van der Waals surface area contributed by atoms with Crippen LogP contribution in [0.2, 0.25) is 0 Å². The van der Waals surface area contributed by atoms with Gasteiger partial charge in [-0.15, -0.1) is 0 Å². The summed E-state index contributed by atoms with van der Waals surface area (Å²) in [7, 11) is 0. The second-order valence-electron chi connectivity index (χ2n) is 12.2. The molecule has 1 aliphatic carbocycles. The van der Waals surface area contributed by atoms with Gasteiger partial charge in [0.2, 0.25) is 11.8 Å². The lowest BCUT2D eigenvalue weighted by atomic mass is 9.85. The Morgan fingerprint density at radius 1 is 0.977 bits per heavy atom. The number of benzene rings is 2. The number of piperidine rings is 1. The number of carbonyl (C=O) groups excluding carboxylic acids is 2. The number of amides is 2. The van der Waals surface area contributed by atoms with E-state index in [0.717, 1.165) is 61.4 Å². The highest BCUT2D eigenvalue weighted by Gasteiger charge is 2.59. The lowest BCUT2D eigenvalue weighted by Crippen LogP contribution is -2.56. The highest BCUT2D eigenvalue weighted by molar-refractivity contribution is 5.95. The molecule has 0 unspecified atom stereocenters. The van der Waals surface area contributed by atoms with Crippen LogP contribution in [0.5, 0.6) is 0 Å². The Bertz CT molecular complexity index is 1480. The minimum atomic E-state index is -0.972. The number of allylic oxidation sites excluding steroid dienone is 3. The molecule has 3 fully saturated rings. The molecule has 0 atom stereocenters. The van der Waals surface area contributed by atoms with Gasteiger partial charge >= 0.3 is 5.97 Å². The van der Waals surface area contributed by atoms with E-state index in [4.69, 9.17) is 0 Å². The predicted molar refractivity (Wildman–Crippen MR) is 166 cm³/mol. The smallest absolute Gasteiger partial charge is 0.335 e. The van der Waals surface area contributed by atoms with Crippen LogP contribution in [0.3, 0.4) is 0 Å². The van der Waals surface area contributed by atoms with Gasteiger partial charge in [0.1, 0.15) is 5.54 Å². The fourth-order valence-corrected chi connectivity index (χ4v) is 7.29. The zero-order valence-corrected chi connectivity index (χ0v) is 24.9. The minimum Gasteiger partial charge on any atom is -0.478 e. The Morgan fingerprint density at radius 2 is 1.72 bits per heavy atom. The van der Waals surface area contributed by atoms with Gasteiger partial charge in [-0.2, -0.15) is 0 Å². The monoisotopic (exact) mass is 580 g/mol. The molecule has 1 saturated carbocycles. The summed E-state index contributed by atoms with van der Waals surface area (Å²) in [6.45, 7) is 9.96. The van der Waals surface area contributed by atoms with Crippen molar-refractivity contribution in [1.82, 2.24) is 14.7 Å². The quantitative estimate of drug-likeness (QED) is 0.423. The average Bonchev–Trinajstić information content (AvgIpc) is 3.74. The summed E-state index contributed by atoms with van der Waals surface area (Å²) in [5, 5.41) is 9.44. The van der Waals surface area contributed by atoms with Crippen LogP contribution in [-0.2, 0) is 16.1 Å². The fourth-order valence-electron chi connectivity index (χ4n) is 7.29. The highest BCUT2D eigenvalue weighted by atomic mass is 16.4. The van der Waals surface area contributed by atoms with Crippen molar-refractivity contribution in [2.45, 2.75) is 51.1 Å². The second kappa shape index (κ2) is 11.5. The molecule has 2 saturated heterocycles. The van der Waals surface area contributed by atoms with E-state index >= 15 is 0 Å². The van der Waals surface area contributed by atoms with Gasteiger partial charge in [-0.1, -0.05) is 49.1 Å². The van der Waals surface area contributed by atoms with Gasteiger partial charge in [-0.25, -0.2) is 4.79 Å². The molecule has 0 aromatic heterocycles. The molecular formula is C35H40N4O4. The number of anilines is 1. The summed E-state index contributed by atoms with van der Waals surface area (Å²) in [4.78, 5) is 47.5. The third-order valence-corrected chi connectivity index (χ3v) is 9.68. The first-order chi connectivity index (χ1) is 20.8. The molecule has 8 heteroatoms. The van der Waals surface area contributed by atoms with Gasteiger partial charge in [-0.05, 0) is 87.1 Å². The van der Waals surface area contributed by atoms with Crippen LogP contribution in [-0.4, -0.2) is 76.0 Å². The molecule has 0 bridgehead atoms. The molecule has 6 rings (SSSR count). The molecule has 2 aromatic carbocycles. The number of carboxylic acid groups (broad SMARTS) is 1. The Labute approximate surface area is 253 Å². The molecule has 8 nitrogen and oxygen atoms in total. The van der Waals surface area contributed by atoms with E-state index in [1.54, 1.807) is 18.2 Å². The maximum Gasteiger partial charge on any atom is 0.335 e. The van der Waals surface area contributed by atoms with Crippen molar-refractivity contribution in [2.24, 2.45) is 5.41 Å². The van der Waals surface area contributed by atoms with Crippen molar-refractivity contribution in [3.63, 3.8) is 0 Å². The summed E-state index contributed by atoms with van der Waals surface area (Å²) in [5.74, 6) is -0.648. The van der Waals surface area contributed by atoms with Gasteiger partial charge in [0.25, 0.3) is 0 Å². The lowest BCUT2D eigenvalue weighted by Gasteiger charge is -2.43. The molecule has 0 radical (unpaired) electrons. The van der Waals surface area contributed by atoms with Gasteiger partial charge in [-0.3, -0.25) is 9.59 Å². The standard InChI is InChI=1S/C35H40N4O4/c1-3-10-30-29(4-2)34(15-16-34)32(42)38(30)20-9-19-36-21-17-35(18-22-36)33(43)37(25-39(35)28-13-6-5-7-14-28)24-26-11-8-12-27(23-26)31(40)41/h3-8,10-14,23H,2,9,15-22,24-25H2,1H3,(H,40,41)/b10-3-. The van der Waals surface area contributed by atoms with E-state index in [2.05, 4.69) is 28.5 Å². The summed E-state index contributed by atoms with van der Waals surface area (Å²) in [6, 6.07) is 16.9. The topological polar surface area (TPSA) is 84.4 Å². The largest absolute Gasteiger partial charge is 0.478 e. The van der Waals surface area contributed by atoms with E-state index in [1.165, 1.54) is 0 Å². The van der Waals surface area contributed by atoms with Gasteiger partial charge in [0, 0.05) is 37.6 Å². The lowest BCUT2D eigenvalue weighted by molar-refractivity contribution is -0.134. The van der Waals surface area contributed by atoms with Crippen molar-refractivity contribution < 1.29 is 19.5 Å². The number of nitrogens with zero attached hydrogens (tertiary/aromatic N) is 4. The molecule has 224 valence electrons. The minimum absolute atomic E-state index is 0.104. The summed E-state index contributed by atoms with van der Waals surface area (Å²) < 4.78 is 0. The first-order valence-electron chi connectivity index (χ1n) is 15.3. The molecule has 43 heavy (non-hydrogen) atoms. The SMILES string of the molecule is C=CC1=C(/C=C\C)N(CCCN2CCC3(CC2)C(=O)N(Cc2cccc(C(=O)O)c2)CN3c2ccccc2)C(=O)C12CC2. The average molecular weight is 581 g/mol. The normalized spacial score (nSPS) is 21.2. The molecule has 1 N–H and O–H groups in total. The van der Waals surface area contributed by atoms with Gasteiger partial charge in [0.05, 0.1) is 17.6 Å². The summed E-state index contributed by atoms with van der Waals surface area (Å²) in [5.41, 5.74) is 3.17. The molecule has 2 spiro atoms.